The van der Waals surface area contributed by atoms with Gasteiger partial charge in [-0.15, -0.1) is 0 Å². The molecule has 0 saturated heterocycles. The minimum absolute atomic E-state index is 0.0842. The number of pyridine rings is 1. The molecule has 1 aliphatic carbocycles. The number of hydrogen-bond acceptors (Lipinski definition) is 3. The molecule has 1 fully saturated rings. The molecule has 1 heterocycles. The van der Waals surface area contributed by atoms with Gasteiger partial charge in [-0.2, -0.15) is 0 Å². The number of aliphatic hydroxyl groups excluding tert-OH is 1. The van der Waals surface area contributed by atoms with Gasteiger partial charge in [0.25, 0.3) is 0 Å². The van der Waals surface area contributed by atoms with Crippen LogP contribution in [0.5, 0.6) is 0 Å². The Hall–Kier alpha value is -0.800. The molecule has 2 N–H and O–H groups in total. The third kappa shape index (κ3) is 1.99. The van der Waals surface area contributed by atoms with Crippen LogP contribution in [0.15, 0.2) is 18.3 Å². The fourth-order valence-corrected chi connectivity index (χ4v) is 1.54. The summed E-state index contributed by atoms with van der Waals surface area (Å²) < 4.78 is 0. The van der Waals surface area contributed by atoms with E-state index in [4.69, 9.17) is 16.7 Å². The Morgan fingerprint density at radius 2 is 2.36 bits per heavy atom. The van der Waals surface area contributed by atoms with Crippen molar-refractivity contribution >= 4 is 17.4 Å². The molecule has 14 heavy (non-hydrogen) atoms. The minimum Gasteiger partial charge on any atom is -0.396 e. The molecular formula is C10H13ClN2O. The van der Waals surface area contributed by atoms with Crippen molar-refractivity contribution in [2.75, 3.05) is 18.5 Å². The van der Waals surface area contributed by atoms with E-state index in [9.17, 15) is 0 Å². The molecule has 0 amide bonds. The summed E-state index contributed by atoms with van der Waals surface area (Å²) in [5.74, 6) is 0.703. The highest BCUT2D eigenvalue weighted by atomic mass is 35.5. The summed E-state index contributed by atoms with van der Waals surface area (Å²) in [4.78, 5) is 4.12. The normalized spacial score (nSPS) is 17.9. The van der Waals surface area contributed by atoms with Crippen LogP contribution in [0, 0.1) is 5.41 Å². The zero-order chi connectivity index (χ0) is 10.0. The number of hydrogen-bond donors (Lipinski definition) is 2. The molecule has 1 aliphatic rings. The number of halogens is 1. The van der Waals surface area contributed by atoms with E-state index in [1.807, 2.05) is 0 Å². The van der Waals surface area contributed by atoms with Gasteiger partial charge in [0.2, 0.25) is 0 Å². The topological polar surface area (TPSA) is 45.1 Å². The average molecular weight is 213 g/mol. The lowest BCUT2D eigenvalue weighted by Gasteiger charge is -2.13. The first-order valence-corrected chi connectivity index (χ1v) is 5.09. The molecule has 0 spiro atoms. The van der Waals surface area contributed by atoms with E-state index in [1.54, 1.807) is 18.3 Å². The van der Waals surface area contributed by atoms with E-state index in [0.717, 1.165) is 19.4 Å². The second kappa shape index (κ2) is 3.75. The van der Waals surface area contributed by atoms with Crippen LogP contribution in [-0.2, 0) is 0 Å². The lowest BCUT2D eigenvalue weighted by atomic mass is 10.1. The van der Waals surface area contributed by atoms with E-state index >= 15 is 0 Å². The highest BCUT2D eigenvalue weighted by Gasteiger charge is 2.41. The van der Waals surface area contributed by atoms with Gasteiger partial charge in [-0.25, -0.2) is 4.98 Å². The van der Waals surface area contributed by atoms with E-state index in [2.05, 4.69) is 10.3 Å². The van der Waals surface area contributed by atoms with Gasteiger partial charge in [0.05, 0.1) is 11.6 Å². The zero-order valence-electron chi connectivity index (χ0n) is 7.83. The second-order valence-corrected chi connectivity index (χ2v) is 4.25. The maximum atomic E-state index is 9.11. The number of nitrogens with zero attached hydrogens (tertiary/aromatic N) is 1. The van der Waals surface area contributed by atoms with Gasteiger partial charge in [-0.3, -0.25) is 0 Å². The lowest BCUT2D eigenvalue weighted by Crippen LogP contribution is -2.19. The average Bonchev–Trinajstić information content (AvgIpc) is 2.98. The Labute approximate surface area is 88.1 Å². The predicted octanol–water partition coefficient (Wildman–Crippen LogP) is 1.92. The highest BCUT2D eigenvalue weighted by Crippen LogP contribution is 2.45. The Bertz CT molecular complexity index is 326. The van der Waals surface area contributed by atoms with Crippen LogP contribution in [0.1, 0.15) is 12.8 Å². The summed E-state index contributed by atoms with van der Waals surface area (Å²) in [6, 6.07) is 3.60. The Kier molecular flexibility index (Phi) is 2.61. The van der Waals surface area contributed by atoms with Gasteiger partial charge in [-0.1, -0.05) is 11.6 Å². The molecule has 76 valence electrons. The first kappa shape index (κ1) is 9.74. The molecule has 0 aromatic carbocycles. The molecule has 0 atom stereocenters. The smallest absolute Gasteiger partial charge is 0.144 e. The van der Waals surface area contributed by atoms with Crippen molar-refractivity contribution in [1.29, 1.82) is 0 Å². The maximum Gasteiger partial charge on any atom is 0.144 e. The van der Waals surface area contributed by atoms with E-state index in [1.165, 1.54) is 0 Å². The fraction of sp³-hybridized carbons (Fsp3) is 0.500. The van der Waals surface area contributed by atoms with Gasteiger partial charge in [0, 0.05) is 18.2 Å². The van der Waals surface area contributed by atoms with Crippen LogP contribution >= 0.6 is 11.6 Å². The van der Waals surface area contributed by atoms with E-state index < -0.39 is 0 Å². The predicted molar refractivity (Wildman–Crippen MR) is 56.5 cm³/mol. The Morgan fingerprint density at radius 3 is 2.93 bits per heavy atom. The van der Waals surface area contributed by atoms with Crippen molar-refractivity contribution in [3.63, 3.8) is 0 Å². The van der Waals surface area contributed by atoms with Crippen LogP contribution in [-0.4, -0.2) is 23.2 Å². The van der Waals surface area contributed by atoms with Crippen LogP contribution in [0.4, 0.5) is 5.82 Å². The Morgan fingerprint density at radius 1 is 1.57 bits per heavy atom. The third-order valence-electron chi connectivity index (χ3n) is 2.68. The van der Waals surface area contributed by atoms with Crippen molar-refractivity contribution in [2.24, 2.45) is 5.41 Å². The molecule has 1 aromatic heterocycles. The molecule has 1 aromatic rings. The number of aliphatic hydroxyl groups is 1. The fourth-order valence-electron chi connectivity index (χ4n) is 1.35. The standard InChI is InChI=1S/C10H13ClN2O/c11-8-2-1-5-12-9(8)13-6-10(7-14)3-4-10/h1-2,5,14H,3-4,6-7H2,(H,12,13). The molecule has 2 rings (SSSR count). The van der Waals surface area contributed by atoms with Gasteiger partial charge >= 0.3 is 0 Å². The number of nitrogens with one attached hydrogen (secondary N) is 1. The van der Waals surface area contributed by atoms with Crippen molar-refractivity contribution in [1.82, 2.24) is 4.98 Å². The van der Waals surface area contributed by atoms with Crippen LogP contribution < -0.4 is 5.32 Å². The quantitative estimate of drug-likeness (QED) is 0.802. The summed E-state index contributed by atoms with van der Waals surface area (Å²) in [5, 5.41) is 12.9. The summed E-state index contributed by atoms with van der Waals surface area (Å²) in [7, 11) is 0. The first-order chi connectivity index (χ1) is 6.76. The second-order valence-electron chi connectivity index (χ2n) is 3.85. The summed E-state index contributed by atoms with van der Waals surface area (Å²) in [6.07, 6.45) is 3.87. The first-order valence-electron chi connectivity index (χ1n) is 4.71. The SMILES string of the molecule is OCC1(CNc2ncccc2Cl)CC1. The van der Waals surface area contributed by atoms with Crippen molar-refractivity contribution in [3.8, 4) is 0 Å². The third-order valence-corrected chi connectivity index (χ3v) is 2.99. The number of anilines is 1. The van der Waals surface area contributed by atoms with Gasteiger partial charge < -0.3 is 10.4 Å². The van der Waals surface area contributed by atoms with Crippen LogP contribution in [0.25, 0.3) is 0 Å². The van der Waals surface area contributed by atoms with Crippen LogP contribution in [0.2, 0.25) is 5.02 Å². The van der Waals surface area contributed by atoms with Crippen molar-refractivity contribution in [3.05, 3.63) is 23.4 Å². The zero-order valence-corrected chi connectivity index (χ0v) is 8.59. The van der Waals surface area contributed by atoms with Crippen molar-refractivity contribution in [2.45, 2.75) is 12.8 Å². The van der Waals surface area contributed by atoms with Crippen LogP contribution in [0.3, 0.4) is 0 Å². The molecule has 1 saturated carbocycles. The number of aromatic nitrogens is 1. The molecule has 0 aliphatic heterocycles. The molecular weight excluding hydrogens is 200 g/mol. The molecule has 3 nitrogen and oxygen atoms in total. The van der Waals surface area contributed by atoms with Crippen molar-refractivity contribution < 1.29 is 5.11 Å². The van der Waals surface area contributed by atoms with Gasteiger partial charge in [-0.05, 0) is 25.0 Å². The maximum absolute atomic E-state index is 9.11. The number of rotatable bonds is 4. The molecule has 0 radical (unpaired) electrons. The van der Waals surface area contributed by atoms with E-state index in [-0.39, 0.29) is 12.0 Å². The summed E-state index contributed by atoms with van der Waals surface area (Å²) >= 11 is 5.93. The van der Waals surface area contributed by atoms with E-state index in [0.29, 0.717) is 10.8 Å². The molecule has 0 unspecified atom stereocenters. The lowest BCUT2D eigenvalue weighted by molar-refractivity contribution is 0.219. The molecule has 4 heteroatoms. The highest BCUT2D eigenvalue weighted by molar-refractivity contribution is 6.32. The monoisotopic (exact) mass is 212 g/mol. The van der Waals surface area contributed by atoms with Gasteiger partial charge in [0.1, 0.15) is 5.82 Å². The minimum atomic E-state index is 0.0842. The Balaban J connectivity index is 1.95. The molecule has 0 bridgehead atoms. The summed E-state index contributed by atoms with van der Waals surface area (Å²) in [5.41, 5.74) is 0.0842. The largest absolute Gasteiger partial charge is 0.396 e. The van der Waals surface area contributed by atoms with Gasteiger partial charge in [0.15, 0.2) is 0 Å². The summed E-state index contributed by atoms with van der Waals surface area (Å²) in [6.45, 7) is 0.991.